The Labute approximate surface area is 174 Å². The highest BCUT2D eigenvalue weighted by atomic mass is 79.9. The van der Waals surface area contributed by atoms with E-state index in [1.54, 1.807) is 43.1 Å². The third-order valence-electron chi connectivity index (χ3n) is 3.69. The summed E-state index contributed by atoms with van der Waals surface area (Å²) in [7, 11) is 0. The van der Waals surface area contributed by atoms with E-state index in [1.807, 2.05) is 18.2 Å². The zero-order valence-electron chi connectivity index (χ0n) is 15.2. The van der Waals surface area contributed by atoms with Gasteiger partial charge < -0.3 is 15.2 Å². The lowest BCUT2D eigenvalue weighted by molar-refractivity contribution is -0.115. The molecule has 28 heavy (non-hydrogen) atoms. The van der Waals surface area contributed by atoms with Crippen molar-refractivity contribution >= 4 is 51.0 Å². The highest BCUT2D eigenvalue weighted by molar-refractivity contribution is 9.10. The highest BCUT2D eigenvalue weighted by Crippen LogP contribution is 2.22. The zero-order chi connectivity index (χ0) is 20.1. The third-order valence-corrected chi connectivity index (χ3v) is 5.24. The van der Waals surface area contributed by atoms with E-state index in [0.29, 0.717) is 17.3 Å². The van der Waals surface area contributed by atoms with Gasteiger partial charge in [-0.3, -0.25) is 9.59 Å². The molecule has 0 bridgehead atoms. The Balaban J connectivity index is 1.55. The van der Waals surface area contributed by atoms with Gasteiger partial charge >= 0.3 is 0 Å². The van der Waals surface area contributed by atoms with E-state index in [9.17, 15) is 9.59 Å². The molecule has 10 heteroatoms. The molecule has 0 spiro atoms. The van der Waals surface area contributed by atoms with Gasteiger partial charge in [-0.15, -0.1) is 11.8 Å². The number of halogens is 1. The van der Waals surface area contributed by atoms with Crippen molar-refractivity contribution in [1.29, 1.82) is 0 Å². The molecule has 0 radical (unpaired) electrons. The molecule has 1 aromatic carbocycles. The second kappa shape index (κ2) is 9.07. The lowest BCUT2D eigenvalue weighted by Gasteiger charge is -2.13. The maximum Gasteiger partial charge on any atom is 0.238 e. The first-order valence-electron chi connectivity index (χ1n) is 8.37. The molecule has 0 aliphatic carbocycles. The minimum Gasteiger partial charge on any atom is -0.360 e. The number of hydrogen-bond donors (Lipinski definition) is 2. The van der Waals surface area contributed by atoms with Crippen molar-refractivity contribution in [3.8, 4) is 5.69 Å². The predicted octanol–water partition coefficient (Wildman–Crippen LogP) is 3.63. The molecule has 0 aliphatic rings. The van der Waals surface area contributed by atoms with Gasteiger partial charge in [0.1, 0.15) is 5.76 Å². The molecule has 0 fully saturated rings. The molecule has 3 rings (SSSR count). The van der Waals surface area contributed by atoms with Crippen LogP contribution in [-0.4, -0.2) is 37.8 Å². The molecule has 2 amide bonds. The van der Waals surface area contributed by atoms with Crippen LogP contribution in [-0.2, 0) is 9.59 Å². The summed E-state index contributed by atoms with van der Waals surface area (Å²) >= 11 is 4.59. The average Bonchev–Trinajstić information content (AvgIpc) is 3.28. The zero-order valence-corrected chi connectivity index (χ0v) is 17.6. The molecule has 3 aromatic rings. The number of carbonyl (C=O) groups is 2. The van der Waals surface area contributed by atoms with E-state index in [2.05, 4.69) is 36.8 Å². The second-order valence-electron chi connectivity index (χ2n) is 5.93. The van der Waals surface area contributed by atoms with Crippen LogP contribution in [0.3, 0.4) is 0 Å². The van der Waals surface area contributed by atoms with Gasteiger partial charge in [-0.25, -0.2) is 4.68 Å². The molecule has 2 aromatic heterocycles. The summed E-state index contributed by atoms with van der Waals surface area (Å²) in [5.41, 5.74) is 1.39. The molecule has 0 saturated carbocycles. The summed E-state index contributed by atoms with van der Waals surface area (Å²) in [6.45, 7) is 3.47. The summed E-state index contributed by atoms with van der Waals surface area (Å²) in [4.78, 5) is 24.5. The van der Waals surface area contributed by atoms with Gasteiger partial charge in [0.2, 0.25) is 11.8 Å². The number of nitrogens with one attached hydrogen (secondary N) is 2. The van der Waals surface area contributed by atoms with E-state index in [-0.39, 0.29) is 17.6 Å². The van der Waals surface area contributed by atoms with Crippen LogP contribution in [0.4, 0.5) is 11.5 Å². The number of anilines is 2. The Morgan fingerprint density at radius 1 is 1.32 bits per heavy atom. The Hall–Kier alpha value is -2.59. The summed E-state index contributed by atoms with van der Waals surface area (Å²) < 4.78 is 7.42. The average molecular weight is 464 g/mol. The molecule has 146 valence electrons. The molecule has 0 aliphatic heterocycles. The van der Waals surface area contributed by atoms with E-state index < -0.39 is 5.25 Å². The van der Waals surface area contributed by atoms with Gasteiger partial charge in [-0.2, -0.15) is 5.10 Å². The van der Waals surface area contributed by atoms with Crippen LogP contribution in [0.1, 0.15) is 12.7 Å². The number of benzene rings is 1. The molecule has 2 heterocycles. The van der Waals surface area contributed by atoms with Gasteiger partial charge in [0.15, 0.2) is 5.82 Å². The van der Waals surface area contributed by atoms with Crippen LogP contribution in [0.5, 0.6) is 0 Å². The Bertz CT molecular complexity index is 987. The van der Waals surface area contributed by atoms with Crippen LogP contribution < -0.4 is 10.6 Å². The van der Waals surface area contributed by atoms with E-state index in [1.165, 1.54) is 11.8 Å². The summed E-state index contributed by atoms with van der Waals surface area (Å²) in [5.74, 6) is 0.647. The maximum atomic E-state index is 12.4. The summed E-state index contributed by atoms with van der Waals surface area (Å²) in [6.07, 6.45) is 3.48. The van der Waals surface area contributed by atoms with Gasteiger partial charge in [0, 0.05) is 12.3 Å². The van der Waals surface area contributed by atoms with Crippen molar-refractivity contribution in [2.45, 2.75) is 19.1 Å². The Morgan fingerprint density at radius 3 is 2.79 bits per heavy atom. The smallest absolute Gasteiger partial charge is 0.238 e. The first-order chi connectivity index (χ1) is 13.4. The maximum absolute atomic E-state index is 12.4. The van der Waals surface area contributed by atoms with E-state index >= 15 is 0 Å². The van der Waals surface area contributed by atoms with Gasteiger partial charge in [0.05, 0.1) is 33.0 Å². The Morgan fingerprint density at radius 2 is 2.11 bits per heavy atom. The van der Waals surface area contributed by atoms with Crippen molar-refractivity contribution < 1.29 is 14.1 Å². The molecule has 2 N–H and O–H groups in total. The molecule has 8 nitrogen and oxygen atoms in total. The standard InChI is InChI=1S/C18H18BrN5O3S/c1-11-7-16(23-27-11)22-18(26)12(2)28-10-17(25)21-14-5-3-4-6-15(14)24-9-13(19)8-20-24/h3-9,12H,10H2,1-2H3,(H,21,25)(H,22,23,26). The lowest BCUT2D eigenvalue weighted by atomic mass is 10.2. The minimum absolute atomic E-state index is 0.129. The van der Waals surface area contributed by atoms with Crippen LogP contribution in [0.25, 0.3) is 5.69 Å². The van der Waals surface area contributed by atoms with Crippen LogP contribution in [0.15, 0.2) is 51.7 Å². The van der Waals surface area contributed by atoms with Crippen LogP contribution in [0.2, 0.25) is 0 Å². The summed E-state index contributed by atoms with van der Waals surface area (Å²) in [6, 6.07) is 9.00. The quantitative estimate of drug-likeness (QED) is 0.554. The SMILES string of the molecule is Cc1cc(NC(=O)C(C)SCC(=O)Nc2ccccc2-n2cc(Br)cn2)no1. The number of thioether (sulfide) groups is 1. The molecule has 1 unspecified atom stereocenters. The third kappa shape index (κ3) is 5.23. The molecule has 0 saturated heterocycles. The topological polar surface area (TPSA) is 102 Å². The number of aryl methyl sites for hydroxylation is 1. The fourth-order valence-corrected chi connectivity index (χ4v) is 3.30. The van der Waals surface area contributed by atoms with Gasteiger partial charge in [-0.1, -0.05) is 17.3 Å². The minimum atomic E-state index is -0.430. The predicted molar refractivity (Wildman–Crippen MR) is 112 cm³/mol. The van der Waals surface area contributed by atoms with Crippen LogP contribution >= 0.6 is 27.7 Å². The normalized spacial score (nSPS) is 11.8. The van der Waals surface area contributed by atoms with E-state index in [4.69, 9.17) is 4.52 Å². The fraction of sp³-hybridized carbons (Fsp3) is 0.222. The first-order valence-corrected chi connectivity index (χ1v) is 10.2. The molecule has 1 atom stereocenters. The van der Waals surface area contributed by atoms with E-state index in [0.717, 1.165) is 10.2 Å². The largest absolute Gasteiger partial charge is 0.360 e. The van der Waals surface area contributed by atoms with Crippen molar-refractivity contribution in [2.75, 3.05) is 16.4 Å². The number of hydrogen-bond acceptors (Lipinski definition) is 6. The van der Waals surface area contributed by atoms with Crippen molar-refractivity contribution in [3.05, 3.63) is 53.0 Å². The van der Waals surface area contributed by atoms with Crippen molar-refractivity contribution in [1.82, 2.24) is 14.9 Å². The number of rotatable bonds is 7. The summed E-state index contributed by atoms with van der Waals surface area (Å²) in [5, 5.41) is 13.1. The highest BCUT2D eigenvalue weighted by Gasteiger charge is 2.17. The number of nitrogens with zero attached hydrogens (tertiary/aromatic N) is 3. The Kier molecular flexibility index (Phi) is 6.53. The van der Waals surface area contributed by atoms with Gasteiger partial charge in [-0.05, 0) is 41.9 Å². The van der Waals surface area contributed by atoms with Crippen LogP contribution in [0, 0.1) is 6.92 Å². The molecular formula is C18H18BrN5O3S. The first kappa shape index (κ1) is 20.2. The number of para-hydroxylation sites is 2. The molecular weight excluding hydrogens is 446 g/mol. The fourth-order valence-electron chi connectivity index (χ4n) is 2.33. The second-order valence-corrected chi connectivity index (χ2v) is 8.18. The van der Waals surface area contributed by atoms with Crippen molar-refractivity contribution in [2.24, 2.45) is 0 Å². The monoisotopic (exact) mass is 463 g/mol. The number of amides is 2. The number of aromatic nitrogens is 3. The van der Waals surface area contributed by atoms with Gasteiger partial charge in [0.25, 0.3) is 0 Å². The van der Waals surface area contributed by atoms with Crippen molar-refractivity contribution in [3.63, 3.8) is 0 Å². The number of carbonyl (C=O) groups excluding carboxylic acids is 2. The lowest BCUT2D eigenvalue weighted by Crippen LogP contribution is -2.25.